The quantitative estimate of drug-likeness (QED) is 0.101. The minimum absolute atomic E-state index is 0. The number of benzene rings is 1. The zero-order valence-electron chi connectivity index (χ0n) is 21.3. The van der Waals surface area contributed by atoms with E-state index in [1.54, 1.807) is 11.1 Å². The van der Waals surface area contributed by atoms with E-state index in [1.165, 1.54) is 141 Å². The van der Waals surface area contributed by atoms with E-state index in [-0.39, 0.29) is 24.0 Å². The number of hydrogen-bond donors (Lipinski definition) is 0. The summed E-state index contributed by atoms with van der Waals surface area (Å²) < 4.78 is 0. The van der Waals surface area contributed by atoms with Crippen LogP contribution in [0.4, 0.5) is 0 Å². The number of rotatable bonds is 22. The standard InChI is InChI=1S/C30H54.HI/c1-3-5-7-9-11-13-15-17-19-21-25-29-27-23-24-28-30(29)26-22-20-18-16-14-12-10-8-6-4-2;/h23-24,27-28H,3-22,25-26H2,1-2H3;1H. The lowest BCUT2D eigenvalue weighted by molar-refractivity contribution is 0.553. The van der Waals surface area contributed by atoms with Crippen LogP contribution in [0.2, 0.25) is 0 Å². The van der Waals surface area contributed by atoms with E-state index in [0.29, 0.717) is 0 Å². The van der Waals surface area contributed by atoms with Crippen LogP contribution in [-0.2, 0) is 12.8 Å². The van der Waals surface area contributed by atoms with Crippen molar-refractivity contribution in [1.82, 2.24) is 0 Å². The third kappa shape index (κ3) is 19.2. The van der Waals surface area contributed by atoms with Crippen LogP contribution in [0, 0.1) is 0 Å². The molecule has 1 aromatic carbocycles. The number of unbranched alkanes of at least 4 members (excludes halogenated alkanes) is 18. The minimum Gasteiger partial charge on any atom is -0.107 e. The molecule has 0 aliphatic carbocycles. The Labute approximate surface area is 213 Å². The smallest absolute Gasteiger partial charge is 0.0276 e. The van der Waals surface area contributed by atoms with Gasteiger partial charge in [0.25, 0.3) is 0 Å². The van der Waals surface area contributed by atoms with E-state index >= 15 is 0 Å². The highest BCUT2D eigenvalue weighted by Gasteiger charge is 2.02. The molecule has 0 fully saturated rings. The van der Waals surface area contributed by atoms with E-state index in [9.17, 15) is 0 Å². The second-order valence-electron chi connectivity index (χ2n) is 9.63. The van der Waals surface area contributed by atoms with E-state index in [0.717, 1.165) is 0 Å². The van der Waals surface area contributed by atoms with Crippen molar-refractivity contribution in [2.75, 3.05) is 0 Å². The molecule has 182 valence electrons. The summed E-state index contributed by atoms with van der Waals surface area (Å²) in [6, 6.07) is 9.26. The summed E-state index contributed by atoms with van der Waals surface area (Å²) in [5, 5.41) is 0. The van der Waals surface area contributed by atoms with Crippen molar-refractivity contribution >= 4 is 24.0 Å². The molecule has 0 saturated carbocycles. The molecule has 0 radical (unpaired) electrons. The highest BCUT2D eigenvalue weighted by Crippen LogP contribution is 2.18. The molecule has 0 unspecified atom stereocenters. The molecule has 1 aromatic rings. The molecule has 0 spiro atoms. The first kappa shape index (κ1) is 30.9. The van der Waals surface area contributed by atoms with Crippen molar-refractivity contribution in [2.45, 2.75) is 155 Å². The average Bonchev–Trinajstić information content (AvgIpc) is 2.77. The van der Waals surface area contributed by atoms with Gasteiger partial charge in [-0.05, 0) is 36.8 Å². The minimum atomic E-state index is 0. The summed E-state index contributed by atoms with van der Waals surface area (Å²) >= 11 is 0. The molecule has 0 aromatic heterocycles. The van der Waals surface area contributed by atoms with E-state index in [2.05, 4.69) is 38.1 Å². The molecule has 0 amide bonds. The topological polar surface area (TPSA) is 0 Å². The van der Waals surface area contributed by atoms with Gasteiger partial charge in [0.2, 0.25) is 0 Å². The zero-order chi connectivity index (χ0) is 21.5. The van der Waals surface area contributed by atoms with Crippen molar-refractivity contribution in [3.8, 4) is 0 Å². The van der Waals surface area contributed by atoms with Gasteiger partial charge < -0.3 is 0 Å². The van der Waals surface area contributed by atoms with Crippen molar-refractivity contribution in [3.63, 3.8) is 0 Å². The fourth-order valence-electron chi connectivity index (χ4n) is 4.65. The second kappa shape index (κ2) is 24.6. The Morgan fingerprint density at radius 1 is 0.387 bits per heavy atom. The van der Waals surface area contributed by atoms with Gasteiger partial charge in [-0.2, -0.15) is 0 Å². The molecule has 0 atom stereocenters. The van der Waals surface area contributed by atoms with Gasteiger partial charge in [-0.25, -0.2) is 0 Å². The van der Waals surface area contributed by atoms with Gasteiger partial charge >= 0.3 is 0 Å². The molecule has 0 bridgehead atoms. The van der Waals surface area contributed by atoms with Crippen LogP contribution in [-0.4, -0.2) is 0 Å². The first-order valence-electron chi connectivity index (χ1n) is 13.9. The Morgan fingerprint density at radius 2 is 0.645 bits per heavy atom. The van der Waals surface area contributed by atoms with Crippen molar-refractivity contribution < 1.29 is 0 Å². The zero-order valence-corrected chi connectivity index (χ0v) is 23.6. The molecule has 1 heteroatoms. The predicted molar refractivity (Wildman–Crippen MR) is 153 cm³/mol. The molecule has 0 N–H and O–H groups in total. The molecular formula is C30H55I. The van der Waals surface area contributed by atoms with Crippen LogP contribution in [0.3, 0.4) is 0 Å². The van der Waals surface area contributed by atoms with Crippen LogP contribution in [0.25, 0.3) is 0 Å². The maximum absolute atomic E-state index is 2.39. The fraction of sp³-hybridized carbons (Fsp3) is 0.800. The lowest BCUT2D eigenvalue weighted by Crippen LogP contribution is -1.95. The first-order valence-corrected chi connectivity index (χ1v) is 13.9. The van der Waals surface area contributed by atoms with Crippen molar-refractivity contribution in [2.24, 2.45) is 0 Å². The Hall–Kier alpha value is -0.0500. The Kier molecular flexibility index (Phi) is 24.5. The lowest BCUT2D eigenvalue weighted by Gasteiger charge is -2.10. The molecule has 1 rings (SSSR count). The predicted octanol–water partition coefficient (Wildman–Crippen LogP) is 11.2. The molecule has 0 aliphatic heterocycles. The average molecular weight is 543 g/mol. The third-order valence-corrected chi connectivity index (χ3v) is 6.72. The monoisotopic (exact) mass is 542 g/mol. The Morgan fingerprint density at radius 3 is 0.935 bits per heavy atom. The number of halogens is 1. The van der Waals surface area contributed by atoms with Crippen molar-refractivity contribution in [3.05, 3.63) is 35.4 Å². The summed E-state index contributed by atoms with van der Waals surface area (Å²) in [5.74, 6) is 0. The van der Waals surface area contributed by atoms with Gasteiger partial charge in [0.15, 0.2) is 0 Å². The summed E-state index contributed by atoms with van der Waals surface area (Å²) in [7, 11) is 0. The highest BCUT2D eigenvalue weighted by atomic mass is 127. The maximum Gasteiger partial charge on any atom is -0.0276 e. The van der Waals surface area contributed by atoms with Gasteiger partial charge in [-0.3, -0.25) is 0 Å². The van der Waals surface area contributed by atoms with Crippen LogP contribution in [0.5, 0.6) is 0 Å². The summed E-state index contributed by atoms with van der Waals surface area (Å²) in [4.78, 5) is 0. The number of hydrogen-bond acceptors (Lipinski definition) is 0. The Bertz CT molecular complexity index is 424. The normalized spacial score (nSPS) is 10.9. The van der Waals surface area contributed by atoms with Gasteiger partial charge in [-0.15, -0.1) is 24.0 Å². The van der Waals surface area contributed by atoms with Crippen LogP contribution >= 0.6 is 24.0 Å². The van der Waals surface area contributed by atoms with E-state index < -0.39 is 0 Å². The summed E-state index contributed by atoms with van der Waals surface area (Å²) in [6.07, 6.45) is 31.2. The lowest BCUT2D eigenvalue weighted by atomic mass is 9.96. The largest absolute Gasteiger partial charge is 0.107 e. The second-order valence-corrected chi connectivity index (χ2v) is 9.63. The van der Waals surface area contributed by atoms with E-state index in [1.807, 2.05) is 0 Å². The van der Waals surface area contributed by atoms with Gasteiger partial charge in [0.05, 0.1) is 0 Å². The molecule has 31 heavy (non-hydrogen) atoms. The first-order chi connectivity index (χ1) is 14.9. The van der Waals surface area contributed by atoms with Crippen LogP contribution in [0.15, 0.2) is 24.3 Å². The molecule has 0 aliphatic rings. The van der Waals surface area contributed by atoms with Gasteiger partial charge in [-0.1, -0.05) is 154 Å². The van der Waals surface area contributed by atoms with Crippen LogP contribution in [0.1, 0.15) is 153 Å². The van der Waals surface area contributed by atoms with Crippen LogP contribution < -0.4 is 0 Å². The van der Waals surface area contributed by atoms with Crippen molar-refractivity contribution in [1.29, 1.82) is 0 Å². The SMILES string of the molecule is CCCCCCCCCCCCc1ccccc1CCCCCCCCCCCC.I. The third-order valence-electron chi connectivity index (χ3n) is 6.72. The summed E-state index contributed by atoms with van der Waals surface area (Å²) in [6.45, 7) is 4.60. The Balaban J connectivity index is 0.00000900. The molecular weight excluding hydrogens is 487 g/mol. The molecule has 0 nitrogen and oxygen atoms in total. The fourth-order valence-corrected chi connectivity index (χ4v) is 4.65. The van der Waals surface area contributed by atoms with Gasteiger partial charge in [0, 0.05) is 0 Å². The molecule has 0 heterocycles. The van der Waals surface area contributed by atoms with E-state index in [4.69, 9.17) is 0 Å². The summed E-state index contributed by atoms with van der Waals surface area (Å²) in [5.41, 5.74) is 3.26. The highest BCUT2D eigenvalue weighted by molar-refractivity contribution is 14.0. The maximum atomic E-state index is 2.39. The molecule has 0 saturated heterocycles. The number of aryl methyl sites for hydroxylation is 2. The van der Waals surface area contributed by atoms with Gasteiger partial charge in [0.1, 0.15) is 0 Å².